The van der Waals surface area contributed by atoms with Crippen LogP contribution in [0.1, 0.15) is 11.3 Å². The molecule has 94 valence electrons. The molecule has 2 aromatic heterocycles. The molecule has 0 unspecified atom stereocenters. The average molecular weight is 243 g/mol. The molecule has 0 spiro atoms. The fraction of sp³-hybridized carbons (Fsp3) is 0.308. The van der Waals surface area contributed by atoms with Crippen molar-refractivity contribution in [2.75, 3.05) is 19.0 Å². The molecule has 5 nitrogen and oxygen atoms in total. The van der Waals surface area contributed by atoms with Crippen LogP contribution in [0.2, 0.25) is 0 Å². The normalized spacial score (nSPS) is 10.3. The molecule has 0 aliphatic rings. The highest BCUT2D eigenvalue weighted by molar-refractivity contribution is 5.35. The molecule has 2 rings (SSSR count). The monoisotopic (exact) mass is 243 g/mol. The van der Waals surface area contributed by atoms with E-state index >= 15 is 0 Å². The lowest BCUT2D eigenvalue weighted by atomic mass is 10.3. The van der Waals surface area contributed by atoms with Crippen molar-refractivity contribution in [3.63, 3.8) is 0 Å². The molecule has 0 atom stereocenters. The van der Waals surface area contributed by atoms with E-state index in [-0.39, 0.29) is 0 Å². The van der Waals surface area contributed by atoms with Crippen LogP contribution in [0, 0.1) is 0 Å². The van der Waals surface area contributed by atoms with Gasteiger partial charge in [-0.2, -0.15) is 0 Å². The Morgan fingerprint density at radius 1 is 1.22 bits per heavy atom. The van der Waals surface area contributed by atoms with Gasteiger partial charge in [0.2, 0.25) is 0 Å². The maximum atomic E-state index is 4.40. The maximum Gasteiger partial charge on any atom is 0.147 e. The van der Waals surface area contributed by atoms with Crippen LogP contribution < -0.4 is 10.2 Å². The van der Waals surface area contributed by atoms with Crippen LogP contribution in [-0.2, 0) is 13.1 Å². The summed E-state index contributed by atoms with van der Waals surface area (Å²) in [5.74, 6) is 0.860. The standard InChI is InChI=1S/C13H17N5/c1-14-7-12-8-17-13(9-16-12)18(2)10-11-4-3-5-15-6-11/h3-6,8-9,14H,7,10H2,1-2H3. The van der Waals surface area contributed by atoms with E-state index in [0.717, 1.165) is 30.2 Å². The Kier molecular flexibility index (Phi) is 4.20. The molecule has 1 N–H and O–H groups in total. The van der Waals surface area contributed by atoms with Gasteiger partial charge in [0.15, 0.2) is 0 Å². The van der Waals surface area contributed by atoms with Crippen LogP contribution in [0.5, 0.6) is 0 Å². The first-order valence-electron chi connectivity index (χ1n) is 5.85. The summed E-state index contributed by atoms with van der Waals surface area (Å²) in [6, 6.07) is 3.98. The van der Waals surface area contributed by atoms with Gasteiger partial charge in [0.25, 0.3) is 0 Å². The van der Waals surface area contributed by atoms with Crippen molar-refractivity contribution in [2.45, 2.75) is 13.1 Å². The van der Waals surface area contributed by atoms with Crippen molar-refractivity contribution in [2.24, 2.45) is 0 Å². The maximum absolute atomic E-state index is 4.40. The number of nitrogens with one attached hydrogen (secondary N) is 1. The highest BCUT2D eigenvalue weighted by Crippen LogP contribution is 2.10. The topological polar surface area (TPSA) is 53.9 Å². The molecule has 5 heteroatoms. The highest BCUT2D eigenvalue weighted by Gasteiger charge is 2.04. The van der Waals surface area contributed by atoms with Crippen molar-refractivity contribution in [1.29, 1.82) is 0 Å². The van der Waals surface area contributed by atoms with Crippen molar-refractivity contribution in [3.8, 4) is 0 Å². The molecule has 0 amide bonds. The fourth-order valence-corrected chi connectivity index (χ4v) is 1.66. The zero-order chi connectivity index (χ0) is 12.8. The molecule has 0 saturated heterocycles. The molecule has 0 aromatic carbocycles. The summed E-state index contributed by atoms with van der Waals surface area (Å²) in [5.41, 5.74) is 2.09. The van der Waals surface area contributed by atoms with E-state index in [1.807, 2.05) is 37.3 Å². The lowest BCUT2D eigenvalue weighted by Gasteiger charge is -2.17. The minimum atomic E-state index is 0.736. The Morgan fingerprint density at radius 3 is 2.72 bits per heavy atom. The molecule has 0 fully saturated rings. The van der Waals surface area contributed by atoms with E-state index in [1.54, 1.807) is 18.6 Å². The smallest absolute Gasteiger partial charge is 0.147 e. The van der Waals surface area contributed by atoms with E-state index in [0.29, 0.717) is 0 Å². The first-order valence-corrected chi connectivity index (χ1v) is 5.85. The van der Waals surface area contributed by atoms with E-state index in [9.17, 15) is 0 Å². The second-order valence-corrected chi connectivity index (χ2v) is 4.11. The van der Waals surface area contributed by atoms with Crippen molar-refractivity contribution >= 4 is 5.82 Å². The van der Waals surface area contributed by atoms with Gasteiger partial charge in [-0.3, -0.25) is 9.97 Å². The Morgan fingerprint density at radius 2 is 2.11 bits per heavy atom. The predicted octanol–water partition coefficient (Wildman–Crippen LogP) is 1.23. The third-order valence-corrected chi connectivity index (χ3v) is 2.58. The number of aromatic nitrogens is 3. The molecule has 0 aliphatic carbocycles. The number of anilines is 1. The lowest BCUT2D eigenvalue weighted by Crippen LogP contribution is -2.18. The molecule has 0 radical (unpaired) electrons. The zero-order valence-corrected chi connectivity index (χ0v) is 10.7. The summed E-state index contributed by atoms with van der Waals surface area (Å²) in [7, 11) is 3.89. The van der Waals surface area contributed by atoms with Gasteiger partial charge in [-0.1, -0.05) is 6.07 Å². The van der Waals surface area contributed by atoms with E-state index in [2.05, 4.69) is 20.3 Å². The van der Waals surface area contributed by atoms with Crippen LogP contribution in [0.15, 0.2) is 36.9 Å². The first kappa shape index (κ1) is 12.4. The molecule has 0 bridgehead atoms. The van der Waals surface area contributed by atoms with Gasteiger partial charge in [0, 0.05) is 32.5 Å². The molecular formula is C13H17N5. The summed E-state index contributed by atoms with van der Waals surface area (Å²) in [6.07, 6.45) is 7.23. The minimum Gasteiger partial charge on any atom is -0.354 e. The van der Waals surface area contributed by atoms with Crippen LogP contribution in [0.3, 0.4) is 0 Å². The van der Waals surface area contributed by atoms with Crippen molar-refractivity contribution in [3.05, 3.63) is 48.2 Å². The third-order valence-electron chi connectivity index (χ3n) is 2.58. The molecule has 2 heterocycles. The Hall–Kier alpha value is -2.01. The van der Waals surface area contributed by atoms with Crippen LogP contribution in [0.4, 0.5) is 5.82 Å². The van der Waals surface area contributed by atoms with Gasteiger partial charge >= 0.3 is 0 Å². The van der Waals surface area contributed by atoms with Crippen LogP contribution in [0.25, 0.3) is 0 Å². The van der Waals surface area contributed by atoms with Gasteiger partial charge in [0.1, 0.15) is 5.82 Å². The number of hydrogen-bond acceptors (Lipinski definition) is 5. The summed E-state index contributed by atoms with van der Waals surface area (Å²) in [5, 5.41) is 3.05. The molecule has 18 heavy (non-hydrogen) atoms. The second kappa shape index (κ2) is 6.07. The quantitative estimate of drug-likeness (QED) is 0.856. The molecule has 0 saturated carbocycles. The summed E-state index contributed by atoms with van der Waals surface area (Å²) < 4.78 is 0. The van der Waals surface area contributed by atoms with Crippen LogP contribution >= 0.6 is 0 Å². The summed E-state index contributed by atoms with van der Waals surface area (Å²) >= 11 is 0. The Balaban J connectivity index is 2.02. The Labute approximate surface area is 107 Å². The largest absolute Gasteiger partial charge is 0.354 e. The zero-order valence-electron chi connectivity index (χ0n) is 10.7. The summed E-state index contributed by atoms with van der Waals surface area (Å²) in [4.78, 5) is 14.9. The van der Waals surface area contributed by atoms with Gasteiger partial charge in [-0.25, -0.2) is 4.98 Å². The highest BCUT2D eigenvalue weighted by atomic mass is 15.2. The van der Waals surface area contributed by atoms with E-state index in [4.69, 9.17) is 0 Å². The number of pyridine rings is 1. The molecular weight excluding hydrogens is 226 g/mol. The first-order chi connectivity index (χ1) is 8.79. The second-order valence-electron chi connectivity index (χ2n) is 4.11. The van der Waals surface area contributed by atoms with Crippen molar-refractivity contribution in [1.82, 2.24) is 20.3 Å². The van der Waals surface area contributed by atoms with Gasteiger partial charge < -0.3 is 10.2 Å². The number of hydrogen-bond donors (Lipinski definition) is 1. The van der Waals surface area contributed by atoms with E-state index < -0.39 is 0 Å². The van der Waals surface area contributed by atoms with Gasteiger partial charge in [-0.05, 0) is 18.7 Å². The average Bonchev–Trinajstić information content (AvgIpc) is 2.41. The van der Waals surface area contributed by atoms with Crippen molar-refractivity contribution < 1.29 is 0 Å². The van der Waals surface area contributed by atoms with Gasteiger partial charge in [-0.15, -0.1) is 0 Å². The lowest BCUT2D eigenvalue weighted by molar-refractivity contribution is 0.779. The molecule has 2 aromatic rings. The fourth-order valence-electron chi connectivity index (χ4n) is 1.66. The third kappa shape index (κ3) is 3.24. The SMILES string of the molecule is CNCc1cnc(N(C)Cc2cccnc2)cn1. The number of nitrogens with zero attached hydrogens (tertiary/aromatic N) is 4. The van der Waals surface area contributed by atoms with Gasteiger partial charge in [0.05, 0.1) is 18.1 Å². The Bertz CT molecular complexity index is 469. The number of rotatable bonds is 5. The minimum absolute atomic E-state index is 0.736. The molecule has 0 aliphatic heterocycles. The van der Waals surface area contributed by atoms with E-state index in [1.165, 1.54) is 0 Å². The van der Waals surface area contributed by atoms with Crippen LogP contribution in [-0.4, -0.2) is 29.0 Å². The predicted molar refractivity (Wildman–Crippen MR) is 71.1 cm³/mol. The summed E-state index contributed by atoms with van der Waals surface area (Å²) in [6.45, 7) is 1.51.